The van der Waals surface area contributed by atoms with Gasteiger partial charge in [0.05, 0.1) is 31.9 Å². The molecule has 0 saturated carbocycles. The highest BCUT2D eigenvalue weighted by molar-refractivity contribution is 7.89. The highest BCUT2D eigenvalue weighted by Gasteiger charge is 2.24. The third-order valence-corrected chi connectivity index (χ3v) is 6.76. The fourth-order valence-corrected chi connectivity index (χ4v) is 4.19. The maximum absolute atomic E-state index is 12.8. The minimum absolute atomic E-state index is 0.0245. The van der Waals surface area contributed by atoms with E-state index in [4.69, 9.17) is 14.2 Å². The summed E-state index contributed by atoms with van der Waals surface area (Å²) in [6.07, 6.45) is 1.46. The van der Waals surface area contributed by atoms with Crippen molar-refractivity contribution in [3.63, 3.8) is 0 Å². The Morgan fingerprint density at radius 1 is 0.971 bits per heavy atom. The number of benzene rings is 3. The molecule has 0 fully saturated rings. The molecule has 0 unspecified atom stereocenters. The molecule has 0 aromatic heterocycles. The molecule has 35 heavy (non-hydrogen) atoms. The molecule has 9 nitrogen and oxygen atoms in total. The number of rotatable bonds is 11. The number of carbonyl (C=O) groups excluding carboxylic acids is 1. The van der Waals surface area contributed by atoms with Gasteiger partial charge in [-0.05, 0) is 47.5 Å². The van der Waals surface area contributed by atoms with Crippen LogP contribution in [0.4, 0.5) is 0 Å². The number of methoxy groups -OCH3 is 2. The van der Waals surface area contributed by atoms with E-state index in [1.165, 1.54) is 45.7 Å². The van der Waals surface area contributed by atoms with Gasteiger partial charge in [-0.25, -0.2) is 13.8 Å². The molecule has 0 heterocycles. The summed E-state index contributed by atoms with van der Waals surface area (Å²) in [5.41, 5.74) is 4.14. The first-order chi connectivity index (χ1) is 16.8. The van der Waals surface area contributed by atoms with Crippen molar-refractivity contribution in [3.8, 4) is 17.2 Å². The molecule has 3 aromatic carbocycles. The Labute approximate surface area is 205 Å². The second kappa shape index (κ2) is 12.0. The Bertz CT molecular complexity index is 1260. The molecule has 3 aromatic rings. The first kappa shape index (κ1) is 25.7. The molecule has 0 saturated heterocycles. The normalized spacial score (nSPS) is 11.4. The summed E-state index contributed by atoms with van der Waals surface area (Å²) in [4.78, 5) is 12.2. The molecule has 184 valence electrons. The van der Waals surface area contributed by atoms with Crippen molar-refractivity contribution < 1.29 is 27.4 Å². The predicted molar refractivity (Wildman–Crippen MR) is 132 cm³/mol. The molecule has 3 rings (SSSR count). The van der Waals surface area contributed by atoms with Crippen LogP contribution < -0.4 is 19.6 Å². The van der Waals surface area contributed by atoms with Crippen molar-refractivity contribution in [2.24, 2.45) is 5.10 Å². The number of carbonyl (C=O) groups is 1. The van der Waals surface area contributed by atoms with E-state index in [1.54, 1.807) is 24.3 Å². The maximum Gasteiger partial charge on any atom is 0.255 e. The second-order valence-electron chi connectivity index (χ2n) is 7.41. The summed E-state index contributed by atoms with van der Waals surface area (Å²) in [6, 6.07) is 21.2. The lowest BCUT2D eigenvalue weighted by atomic mass is 10.2. The summed E-state index contributed by atoms with van der Waals surface area (Å²) < 4.78 is 42.6. The van der Waals surface area contributed by atoms with Gasteiger partial charge in [0.2, 0.25) is 10.0 Å². The zero-order valence-corrected chi connectivity index (χ0v) is 20.5. The molecule has 0 radical (unpaired) electrons. The Balaban J connectivity index is 1.52. The van der Waals surface area contributed by atoms with Gasteiger partial charge in [-0.3, -0.25) is 4.79 Å². The smallest absolute Gasteiger partial charge is 0.255 e. The third-order valence-electron chi connectivity index (χ3n) is 4.96. The van der Waals surface area contributed by atoms with E-state index in [1.807, 2.05) is 30.3 Å². The molecule has 10 heteroatoms. The average Bonchev–Trinajstić information content (AvgIpc) is 2.88. The van der Waals surface area contributed by atoms with Crippen LogP contribution in [0, 0.1) is 0 Å². The van der Waals surface area contributed by atoms with Crippen LogP contribution in [0.5, 0.6) is 17.2 Å². The molecule has 0 atom stereocenters. The number of hydrogen-bond acceptors (Lipinski definition) is 7. The van der Waals surface area contributed by atoms with E-state index < -0.39 is 22.5 Å². The molecule has 0 aliphatic carbocycles. The first-order valence-electron chi connectivity index (χ1n) is 10.6. The van der Waals surface area contributed by atoms with Crippen molar-refractivity contribution in [3.05, 3.63) is 83.9 Å². The fourth-order valence-electron chi connectivity index (χ4n) is 3.05. The summed E-state index contributed by atoms with van der Waals surface area (Å²) in [6.45, 7) is 0.0460. The van der Waals surface area contributed by atoms with Crippen LogP contribution in [0.2, 0.25) is 0 Å². The van der Waals surface area contributed by atoms with Crippen molar-refractivity contribution in [1.82, 2.24) is 9.73 Å². The van der Waals surface area contributed by atoms with Gasteiger partial charge >= 0.3 is 0 Å². The standard InChI is InChI=1S/C25H27N3O6S/c1-28(35(30,31)22-13-14-23(32-2)24(15-22)33-3)17-25(29)27-26-16-19-9-11-21(12-10-19)34-18-20-7-5-4-6-8-20/h4-16H,17-18H2,1-3H3,(H,27,29)/b26-16-. The Kier molecular flexibility index (Phi) is 8.82. The van der Waals surface area contributed by atoms with Crippen LogP contribution in [0.15, 0.2) is 82.8 Å². The van der Waals surface area contributed by atoms with Crippen LogP contribution in [-0.4, -0.2) is 52.7 Å². The zero-order valence-electron chi connectivity index (χ0n) is 19.7. The van der Waals surface area contributed by atoms with Crippen molar-refractivity contribution in [1.29, 1.82) is 0 Å². The monoisotopic (exact) mass is 497 g/mol. The Morgan fingerprint density at radius 3 is 2.31 bits per heavy atom. The maximum atomic E-state index is 12.8. The molecule has 1 amide bonds. The lowest BCUT2D eigenvalue weighted by Crippen LogP contribution is -2.36. The van der Waals surface area contributed by atoms with Crippen LogP contribution in [-0.2, 0) is 21.4 Å². The van der Waals surface area contributed by atoms with E-state index in [9.17, 15) is 13.2 Å². The van der Waals surface area contributed by atoms with Gasteiger partial charge in [-0.1, -0.05) is 30.3 Å². The summed E-state index contributed by atoms with van der Waals surface area (Å²) >= 11 is 0. The molecule has 1 N–H and O–H groups in total. The van der Waals surface area contributed by atoms with E-state index in [0.717, 1.165) is 15.4 Å². The number of sulfonamides is 1. The van der Waals surface area contributed by atoms with Gasteiger partial charge in [0, 0.05) is 13.1 Å². The molecule has 0 bridgehead atoms. The molecule has 0 aliphatic rings. The molecule has 0 spiro atoms. The third kappa shape index (κ3) is 7.05. The highest BCUT2D eigenvalue weighted by atomic mass is 32.2. The number of hydrazone groups is 1. The van der Waals surface area contributed by atoms with Gasteiger partial charge in [0.15, 0.2) is 11.5 Å². The second-order valence-corrected chi connectivity index (χ2v) is 9.46. The number of nitrogens with one attached hydrogen (secondary N) is 1. The van der Waals surface area contributed by atoms with Gasteiger partial charge in [-0.15, -0.1) is 0 Å². The fraction of sp³-hybridized carbons (Fsp3) is 0.200. The van der Waals surface area contributed by atoms with E-state index in [2.05, 4.69) is 10.5 Å². The number of amides is 1. The van der Waals surface area contributed by atoms with Crippen LogP contribution in [0.3, 0.4) is 0 Å². The first-order valence-corrected chi connectivity index (χ1v) is 12.0. The SMILES string of the molecule is COc1ccc(S(=O)(=O)N(C)CC(=O)N/N=C\c2ccc(OCc3ccccc3)cc2)cc1OC. The summed E-state index contributed by atoms with van der Waals surface area (Å²) in [5, 5.41) is 3.90. The lowest BCUT2D eigenvalue weighted by molar-refractivity contribution is -0.121. The van der Waals surface area contributed by atoms with Gasteiger partial charge in [0.1, 0.15) is 12.4 Å². The van der Waals surface area contributed by atoms with Crippen molar-refractivity contribution >= 4 is 22.1 Å². The van der Waals surface area contributed by atoms with Gasteiger partial charge in [0.25, 0.3) is 5.91 Å². The minimum atomic E-state index is -3.93. The molecular formula is C25H27N3O6S. The summed E-state index contributed by atoms with van der Waals surface area (Å²) in [5.74, 6) is 0.789. The number of ether oxygens (including phenoxy) is 3. The number of likely N-dealkylation sites (N-methyl/N-ethyl adjacent to an activating group) is 1. The predicted octanol–water partition coefficient (Wildman–Crippen LogP) is 3.05. The number of nitrogens with zero attached hydrogens (tertiary/aromatic N) is 2. The largest absolute Gasteiger partial charge is 0.493 e. The van der Waals surface area contributed by atoms with E-state index in [0.29, 0.717) is 18.1 Å². The van der Waals surface area contributed by atoms with E-state index >= 15 is 0 Å². The molecule has 0 aliphatic heterocycles. The van der Waals surface area contributed by atoms with Crippen LogP contribution in [0.25, 0.3) is 0 Å². The quantitative estimate of drug-likeness (QED) is 0.322. The van der Waals surface area contributed by atoms with E-state index in [-0.39, 0.29) is 10.6 Å². The zero-order chi connectivity index (χ0) is 25.3. The minimum Gasteiger partial charge on any atom is -0.493 e. The van der Waals surface area contributed by atoms with Crippen LogP contribution >= 0.6 is 0 Å². The van der Waals surface area contributed by atoms with Crippen LogP contribution in [0.1, 0.15) is 11.1 Å². The summed E-state index contributed by atoms with van der Waals surface area (Å²) in [7, 11) is 0.248. The Hall–Kier alpha value is -3.89. The van der Waals surface area contributed by atoms with Crippen molar-refractivity contribution in [2.45, 2.75) is 11.5 Å². The van der Waals surface area contributed by atoms with Gasteiger partial charge < -0.3 is 14.2 Å². The average molecular weight is 498 g/mol. The van der Waals surface area contributed by atoms with Crippen molar-refractivity contribution in [2.75, 3.05) is 27.8 Å². The Morgan fingerprint density at radius 2 is 1.66 bits per heavy atom. The van der Waals surface area contributed by atoms with Gasteiger partial charge in [-0.2, -0.15) is 9.41 Å². The molecular weight excluding hydrogens is 470 g/mol. The highest BCUT2D eigenvalue weighted by Crippen LogP contribution is 2.30. The topological polar surface area (TPSA) is 107 Å². The lowest BCUT2D eigenvalue weighted by Gasteiger charge is -2.17. The number of hydrogen-bond donors (Lipinski definition) is 1.